The van der Waals surface area contributed by atoms with Gasteiger partial charge in [-0.3, -0.25) is 10.1 Å². The Labute approximate surface area is 170 Å². The third kappa shape index (κ3) is 5.16. The molecule has 2 aromatic rings. The van der Waals surface area contributed by atoms with E-state index in [9.17, 15) is 10.1 Å². The molecule has 1 saturated heterocycles. The van der Waals surface area contributed by atoms with Gasteiger partial charge in [0, 0.05) is 23.3 Å². The minimum atomic E-state index is -0.359. The fourth-order valence-corrected chi connectivity index (χ4v) is 3.86. The van der Waals surface area contributed by atoms with Crippen molar-refractivity contribution in [2.24, 2.45) is 0 Å². The number of nitrogens with zero attached hydrogens (tertiary/aromatic N) is 1. The summed E-state index contributed by atoms with van der Waals surface area (Å²) in [5, 5.41) is 10.8. The molecule has 0 saturated carbocycles. The van der Waals surface area contributed by atoms with Gasteiger partial charge in [0.25, 0.3) is 5.69 Å². The molecule has 0 spiro atoms. The molecule has 1 aliphatic heterocycles. The van der Waals surface area contributed by atoms with Gasteiger partial charge in [-0.2, -0.15) is 0 Å². The molecule has 0 amide bonds. The predicted octanol–water partition coefficient (Wildman–Crippen LogP) is 0.104. The normalized spacial score (nSPS) is 18.9. The molecule has 0 unspecified atom stereocenters. The molecule has 1 heterocycles. The molecule has 0 bridgehead atoms. The first kappa shape index (κ1) is 20.9. The van der Waals surface area contributed by atoms with Crippen LogP contribution in [0.2, 0.25) is 0 Å². The van der Waals surface area contributed by atoms with Gasteiger partial charge in [-0.25, -0.2) is 0 Å². The number of ether oxygens (including phenoxy) is 3. The second kappa shape index (κ2) is 9.58. The number of hydrogen-bond donors (Lipinski definition) is 2. The van der Waals surface area contributed by atoms with Crippen molar-refractivity contribution >= 4 is 5.69 Å². The summed E-state index contributed by atoms with van der Waals surface area (Å²) in [6, 6.07) is 10.9. The molecule has 1 fully saturated rings. The molecule has 156 valence electrons. The number of methoxy groups -OCH3 is 3. The lowest BCUT2D eigenvalue weighted by molar-refractivity contribution is -1.02. The van der Waals surface area contributed by atoms with Gasteiger partial charge in [0.05, 0.1) is 26.3 Å². The average Bonchev–Trinajstić information content (AvgIpc) is 2.74. The van der Waals surface area contributed by atoms with Crippen molar-refractivity contribution in [3.05, 3.63) is 57.6 Å². The number of nitro benzene ring substituents is 1. The maximum atomic E-state index is 10.8. The van der Waals surface area contributed by atoms with Gasteiger partial charge in [-0.15, -0.1) is 0 Å². The molecular weight excluding hydrogens is 374 g/mol. The van der Waals surface area contributed by atoms with E-state index in [1.54, 1.807) is 33.5 Å². The third-order valence-electron chi connectivity index (χ3n) is 5.44. The molecule has 2 N–H and O–H groups in total. The van der Waals surface area contributed by atoms with Crippen molar-refractivity contribution in [3.8, 4) is 17.2 Å². The number of nitro groups is 1. The van der Waals surface area contributed by atoms with E-state index in [1.165, 1.54) is 9.80 Å². The molecule has 0 aliphatic carbocycles. The molecule has 0 atom stereocenters. The van der Waals surface area contributed by atoms with Crippen LogP contribution in [0.4, 0.5) is 5.69 Å². The van der Waals surface area contributed by atoms with Crippen LogP contribution in [0, 0.1) is 10.1 Å². The maximum absolute atomic E-state index is 10.8. The minimum Gasteiger partial charge on any atom is -0.493 e. The largest absolute Gasteiger partial charge is 0.493 e. The van der Waals surface area contributed by atoms with E-state index in [0.29, 0.717) is 17.2 Å². The maximum Gasteiger partial charge on any atom is 0.269 e. The second-order valence-corrected chi connectivity index (χ2v) is 7.31. The number of hydrogen-bond acceptors (Lipinski definition) is 5. The predicted molar refractivity (Wildman–Crippen MR) is 108 cm³/mol. The van der Waals surface area contributed by atoms with Crippen LogP contribution in [0.5, 0.6) is 17.2 Å². The van der Waals surface area contributed by atoms with E-state index in [-0.39, 0.29) is 10.6 Å². The quantitative estimate of drug-likeness (QED) is 0.483. The molecule has 1 aliphatic rings. The van der Waals surface area contributed by atoms with Crippen molar-refractivity contribution in [1.29, 1.82) is 0 Å². The summed E-state index contributed by atoms with van der Waals surface area (Å²) >= 11 is 0. The zero-order valence-electron chi connectivity index (χ0n) is 17.2. The van der Waals surface area contributed by atoms with Crippen LogP contribution in [0.25, 0.3) is 0 Å². The molecule has 3 rings (SSSR count). The third-order valence-corrected chi connectivity index (χ3v) is 5.44. The zero-order chi connectivity index (χ0) is 20.8. The molecule has 0 aromatic heterocycles. The van der Waals surface area contributed by atoms with Crippen molar-refractivity contribution in [1.82, 2.24) is 0 Å². The Morgan fingerprint density at radius 2 is 1.31 bits per heavy atom. The monoisotopic (exact) mass is 403 g/mol. The first-order valence-corrected chi connectivity index (χ1v) is 9.73. The van der Waals surface area contributed by atoms with Crippen LogP contribution in [0.15, 0.2) is 36.4 Å². The summed E-state index contributed by atoms with van der Waals surface area (Å²) in [5.74, 6) is 1.98. The summed E-state index contributed by atoms with van der Waals surface area (Å²) < 4.78 is 16.3. The highest BCUT2D eigenvalue weighted by Crippen LogP contribution is 2.37. The summed E-state index contributed by atoms with van der Waals surface area (Å²) in [6.07, 6.45) is 0. The SMILES string of the molecule is COc1cc(C[NH+]2CC[NH+](Cc3ccc([N+](=O)[O-])cc3)CC2)cc(OC)c1OC. The number of non-ortho nitro benzene ring substituents is 1. The molecule has 8 heteroatoms. The zero-order valence-corrected chi connectivity index (χ0v) is 17.2. The summed E-state index contributed by atoms with van der Waals surface area (Å²) in [7, 11) is 4.88. The van der Waals surface area contributed by atoms with Gasteiger partial charge in [0.2, 0.25) is 5.75 Å². The second-order valence-electron chi connectivity index (χ2n) is 7.31. The fraction of sp³-hybridized carbons (Fsp3) is 0.429. The molecule has 8 nitrogen and oxygen atoms in total. The Kier molecular flexibility index (Phi) is 6.90. The number of piperazine rings is 1. The van der Waals surface area contributed by atoms with Crippen LogP contribution in [0.3, 0.4) is 0 Å². The number of benzene rings is 2. The summed E-state index contributed by atoms with van der Waals surface area (Å²) in [5.41, 5.74) is 2.44. The first-order chi connectivity index (χ1) is 14.0. The lowest BCUT2D eigenvalue weighted by atomic mass is 10.1. The number of nitrogens with one attached hydrogen (secondary N) is 2. The highest BCUT2D eigenvalue weighted by atomic mass is 16.6. The van der Waals surface area contributed by atoms with Gasteiger partial charge in [0.1, 0.15) is 39.3 Å². The molecule has 2 aromatic carbocycles. The van der Waals surface area contributed by atoms with E-state index in [2.05, 4.69) is 0 Å². The van der Waals surface area contributed by atoms with Gasteiger partial charge in [-0.1, -0.05) is 0 Å². The standard InChI is InChI=1S/C21H27N3O5/c1-27-19-12-17(13-20(28-2)21(19)29-3)15-23-10-8-22(9-11-23)14-16-4-6-18(7-5-16)24(25)26/h4-7,12-13H,8-11,14-15H2,1-3H3/p+2. The van der Waals surface area contributed by atoms with E-state index < -0.39 is 0 Å². The van der Waals surface area contributed by atoms with Gasteiger partial charge in [-0.05, 0) is 24.3 Å². The number of quaternary nitrogens is 2. The van der Waals surface area contributed by atoms with E-state index in [0.717, 1.165) is 50.4 Å². The van der Waals surface area contributed by atoms with E-state index in [1.807, 2.05) is 24.3 Å². The van der Waals surface area contributed by atoms with Crippen LogP contribution in [0.1, 0.15) is 11.1 Å². The summed E-state index contributed by atoms with van der Waals surface area (Å²) in [4.78, 5) is 13.4. The van der Waals surface area contributed by atoms with Crippen LogP contribution in [-0.2, 0) is 13.1 Å². The average molecular weight is 403 g/mol. The van der Waals surface area contributed by atoms with Crippen molar-refractivity contribution in [2.45, 2.75) is 13.1 Å². The molecule has 29 heavy (non-hydrogen) atoms. The van der Waals surface area contributed by atoms with E-state index >= 15 is 0 Å². The lowest BCUT2D eigenvalue weighted by Gasteiger charge is -2.30. The molecular formula is C21H29N3O5+2. The van der Waals surface area contributed by atoms with Crippen molar-refractivity contribution in [2.75, 3.05) is 47.5 Å². The topological polar surface area (TPSA) is 79.7 Å². The van der Waals surface area contributed by atoms with Crippen LogP contribution in [-0.4, -0.2) is 52.4 Å². The fourth-order valence-electron chi connectivity index (χ4n) is 3.86. The van der Waals surface area contributed by atoms with Crippen LogP contribution >= 0.6 is 0 Å². The Bertz CT molecular complexity index is 808. The molecule has 0 radical (unpaired) electrons. The Morgan fingerprint density at radius 3 is 1.72 bits per heavy atom. The van der Waals surface area contributed by atoms with Crippen molar-refractivity contribution < 1.29 is 28.9 Å². The van der Waals surface area contributed by atoms with Gasteiger partial charge in [0.15, 0.2) is 11.5 Å². The lowest BCUT2D eigenvalue weighted by Crippen LogP contribution is -3.27. The highest BCUT2D eigenvalue weighted by molar-refractivity contribution is 5.53. The Hall–Kier alpha value is -2.84. The first-order valence-electron chi connectivity index (χ1n) is 9.73. The smallest absolute Gasteiger partial charge is 0.269 e. The Balaban J connectivity index is 1.56. The van der Waals surface area contributed by atoms with E-state index in [4.69, 9.17) is 14.2 Å². The van der Waals surface area contributed by atoms with Gasteiger partial charge < -0.3 is 24.0 Å². The highest BCUT2D eigenvalue weighted by Gasteiger charge is 2.24. The Morgan fingerprint density at radius 1 is 0.828 bits per heavy atom. The number of rotatable bonds is 8. The summed E-state index contributed by atoms with van der Waals surface area (Å²) in [6.45, 7) is 6.07. The van der Waals surface area contributed by atoms with Gasteiger partial charge >= 0.3 is 0 Å². The van der Waals surface area contributed by atoms with Crippen LogP contribution < -0.4 is 24.0 Å². The minimum absolute atomic E-state index is 0.142. The van der Waals surface area contributed by atoms with Crippen molar-refractivity contribution in [3.63, 3.8) is 0 Å².